The van der Waals surface area contributed by atoms with E-state index >= 15 is 0 Å². The van der Waals surface area contributed by atoms with E-state index in [1.807, 2.05) is 18.2 Å². The van der Waals surface area contributed by atoms with E-state index in [-0.39, 0.29) is 0 Å². The normalized spacial score (nSPS) is 10.9. The Morgan fingerprint density at radius 3 is 2.58 bits per heavy atom. The van der Waals surface area contributed by atoms with Gasteiger partial charge < -0.3 is 19.7 Å². The van der Waals surface area contributed by atoms with Crippen LogP contribution in [0.1, 0.15) is 20.8 Å². The zero-order chi connectivity index (χ0) is 14.3. The largest absolute Gasteiger partial charge is 0.493 e. The van der Waals surface area contributed by atoms with Crippen molar-refractivity contribution < 1.29 is 9.47 Å². The summed E-state index contributed by atoms with van der Waals surface area (Å²) < 4.78 is 11.1. The van der Waals surface area contributed by atoms with Gasteiger partial charge in [-0.3, -0.25) is 0 Å². The van der Waals surface area contributed by atoms with Crippen molar-refractivity contribution in [1.82, 2.24) is 4.90 Å². The molecule has 0 bridgehead atoms. The van der Waals surface area contributed by atoms with Crippen LogP contribution in [-0.2, 0) is 0 Å². The molecular weight excluding hydrogens is 240 g/mol. The molecule has 0 fully saturated rings. The molecule has 0 atom stereocenters. The Morgan fingerprint density at radius 2 is 2.00 bits per heavy atom. The second-order valence-electron chi connectivity index (χ2n) is 4.82. The quantitative estimate of drug-likeness (QED) is 0.784. The Morgan fingerprint density at radius 1 is 1.26 bits per heavy atom. The monoisotopic (exact) mass is 266 g/mol. The van der Waals surface area contributed by atoms with E-state index in [2.05, 4.69) is 38.0 Å². The average molecular weight is 266 g/mol. The molecule has 0 heterocycles. The molecule has 1 N–H and O–H groups in total. The van der Waals surface area contributed by atoms with Crippen molar-refractivity contribution >= 4 is 5.69 Å². The Labute approximate surface area is 116 Å². The maximum absolute atomic E-state index is 5.83. The highest BCUT2D eigenvalue weighted by molar-refractivity contribution is 5.54. The number of benzene rings is 1. The van der Waals surface area contributed by atoms with Crippen LogP contribution in [0.5, 0.6) is 11.5 Å². The van der Waals surface area contributed by atoms with Crippen molar-refractivity contribution in [3.63, 3.8) is 0 Å². The van der Waals surface area contributed by atoms with Gasteiger partial charge in [-0.15, -0.1) is 0 Å². The molecule has 1 aromatic carbocycles. The first-order valence-electron chi connectivity index (χ1n) is 6.83. The minimum atomic E-state index is 0.526. The van der Waals surface area contributed by atoms with Crippen molar-refractivity contribution in [2.45, 2.75) is 26.8 Å². The van der Waals surface area contributed by atoms with Crippen LogP contribution >= 0.6 is 0 Å². The molecule has 0 radical (unpaired) electrons. The first-order chi connectivity index (χ1) is 9.08. The van der Waals surface area contributed by atoms with Gasteiger partial charge in [0, 0.05) is 30.9 Å². The summed E-state index contributed by atoms with van der Waals surface area (Å²) in [5, 5.41) is 3.27. The van der Waals surface area contributed by atoms with Gasteiger partial charge in [-0.2, -0.15) is 0 Å². The number of likely N-dealkylation sites (N-methyl/N-ethyl adjacent to an activating group) is 1. The summed E-state index contributed by atoms with van der Waals surface area (Å²) in [5.74, 6) is 1.56. The van der Waals surface area contributed by atoms with Gasteiger partial charge in [-0.05, 0) is 40.0 Å². The fourth-order valence-corrected chi connectivity index (χ4v) is 1.66. The Kier molecular flexibility index (Phi) is 6.50. The summed E-state index contributed by atoms with van der Waals surface area (Å²) in [6.07, 6.45) is 0. The van der Waals surface area contributed by atoms with E-state index in [1.54, 1.807) is 7.11 Å². The van der Waals surface area contributed by atoms with E-state index < -0.39 is 0 Å². The standard InChI is InChI=1S/C15H26N2O2/c1-6-16-13-7-8-14(18-5)15(11-13)19-10-9-17(4)12(2)3/h7-8,11-12,16H,6,9-10H2,1-5H3. The molecule has 0 aliphatic rings. The Bertz CT molecular complexity index is 380. The van der Waals surface area contributed by atoms with Crippen LogP contribution in [0.15, 0.2) is 18.2 Å². The van der Waals surface area contributed by atoms with Crippen molar-refractivity contribution in [1.29, 1.82) is 0 Å². The maximum Gasteiger partial charge on any atom is 0.163 e. The van der Waals surface area contributed by atoms with Crippen LogP contribution in [-0.4, -0.2) is 44.8 Å². The summed E-state index contributed by atoms with van der Waals surface area (Å²) in [6.45, 7) is 8.86. The predicted octanol–water partition coefficient (Wildman–Crippen LogP) is 2.85. The molecular formula is C15H26N2O2. The average Bonchev–Trinajstić information content (AvgIpc) is 2.39. The summed E-state index contributed by atoms with van der Waals surface area (Å²) in [6, 6.07) is 6.44. The van der Waals surface area contributed by atoms with Crippen LogP contribution < -0.4 is 14.8 Å². The molecule has 0 saturated heterocycles. The van der Waals surface area contributed by atoms with Gasteiger partial charge in [-0.1, -0.05) is 0 Å². The van der Waals surface area contributed by atoms with Crippen LogP contribution in [0.25, 0.3) is 0 Å². The van der Waals surface area contributed by atoms with E-state index in [4.69, 9.17) is 9.47 Å². The zero-order valence-electron chi connectivity index (χ0n) is 12.7. The minimum Gasteiger partial charge on any atom is -0.493 e. The summed E-state index contributed by atoms with van der Waals surface area (Å²) in [7, 11) is 3.76. The van der Waals surface area contributed by atoms with Gasteiger partial charge in [0.25, 0.3) is 0 Å². The molecule has 0 amide bonds. The third kappa shape index (κ3) is 4.99. The number of anilines is 1. The van der Waals surface area contributed by atoms with Crippen molar-refractivity contribution in [2.24, 2.45) is 0 Å². The maximum atomic E-state index is 5.83. The van der Waals surface area contributed by atoms with Gasteiger partial charge in [-0.25, -0.2) is 0 Å². The number of hydrogen-bond acceptors (Lipinski definition) is 4. The molecule has 0 aliphatic carbocycles. The number of nitrogens with one attached hydrogen (secondary N) is 1. The number of hydrogen-bond donors (Lipinski definition) is 1. The highest BCUT2D eigenvalue weighted by atomic mass is 16.5. The second-order valence-corrected chi connectivity index (χ2v) is 4.82. The molecule has 108 valence electrons. The molecule has 1 rings (SSSR count). The van der Waals surface area contributed by atoms with Crippen molar-refractivity contribution in [3.8, 4) is 11.5 Å². The molecule has 4 heteroatoms. The SMILES string of the molecule is CCNc1ccc(OC)c(OCCN(C)C(C)C)c1. The molecule has 0 saturated carbocycles. The second kappa shape index (κ2) is 7.89. The lowest BCUT2D eigenvalue weighted by molar-refractivity contribution is 0.204. The topological polar surface area (TPSA) is 33.7 Å². The van der Waals surface area contributed by atoms with Gasteiger partial charge in [0.2, 0.25) is 0 Å². The van der Waals surface area contributed by atoms with Gasteiger partial charge in [0.15, 0.2) is 11.5 Å². The number of nitrogens with zero attached hydrogens (tertiary/aromatic N) is 1. The first-order valence-corrected chi connectivity index (χ1v) is 6.83. The summed E-state index contributed by atoms with van der Waals surface area (Å²) in [5.41, 5.74) is 1.05. The number of methoxy groups -OCH3 is 1. The van der Waals surface area contributed by atoms with Crippen molar-refractivity contribution in [3.05, 3.63) is 18.2 Å². The molecule has 19 heavy (non-hydrogen) atoms. The Balaban J connectivity index is 2.62. The number of rotatable bonds is 8. The zero-order valence-corrected chi connectivity index (χ0v) is 12.7. The first kappa shape index (κ1) is 15.6. The summed E-state index contributed by atoms with van der Waals surface area (Å²) >= 11 is 0. The lowest BCUT2D eigenvalue weighted by atomic mass is 10.2. The molecule has 0 aromatic heterocycles. The highest BCUT2D eigenvalue weighted by Gasteiger charge is 2.07. The van der Waals surface area contributed by atoms with E-state index in [9.17, 15) is 0 Å². The summed E-state index contributed by atoms with van der Waals surface area (Å²) in [4.78, 5) is 2.25. The minimum absolute atomic E-state index is 0.526. The molecule has 0 spiro atoms. The van der Waals surface area contributed by atoms with Crippen LogP contribution in [0.3, 0.4) is 0 Å². The lowest BCUT2D eigenvalue weighted by Crippen LogP contribution is -2.30. The van der Waals surface area contributed by atoms with Gasteiger partial charge in [0.05, 0.1) is 7.11 Å². The van der Waals surface area contributed by atoms with E-state index in [1.165, 1.54) is 0 Å². The van der Waals surface area contributed by atoms with Crippen LogP contribution in [0.2, 0.25) is 0 Å². The lowest BCUT2D eigenvalue weighted by Gasteiger charge is -2.21. The predicted molar refractivity (Wildman–Crippen MR) is 80.4 cm³/mol. The van der Waals surface area contributed by atoms with Gasteiger partial charge in [0.1, 0.15) is 6.61 Å². The van der Waals surface area contributed by atoms with E-state index in [0.29, 0.717) is 12.6 Å². The fourth-order valence-electron chi connectivity index (χ4n) is 1.66. The molecule has 4 nitrogen and oxygen atoms in total. The number of ether oxygens (including phenoxy) is 2. The fraction of sp³-hybridized carbons (Fsp3) is 0.600. The highest BCUT2D eigenvalue weighted by Crippen LogP contribution is 2.30. The van der Waals surface area contributed by atoms with Crippen LogP contribution in [0, 0.1) is 0 Å². The van der Waals surface area contributed by atoms with Gasteiger partial charge >= 0.3 is 0 Å². The molecule has 0 aliphatic heterocycles. The van der Waals surface area contributed by atoms with E-state index in [0.717, 1.165) is 30.3 Å². The third-order valence-electron chi connectivity index (χ3n) is 3.13. The third-order valence-corrected chi connectivity index (χ3v) is 3.13. The van der Waals surface area contributed by atoms with Crippen LogP contribution in [0.4, 0.5) is 5.69 Å². The smallest absolute Gasteiger partial charge is 0.163 e. The van der Waals surface area contributed by atoms with Crippen molar-refractivity contribution in [2.75, 3.05) is 39.2 Å². The molecule has 1 aromatic rings. The Hall–Kier alpha value is -1.42. The molecule has 0 unspecified atom stereocenters.